The van der Waals surface area contributed by atoms with Crippen LogP contribution < -0.4 is 10.9 Å². The first kappa shape index (κ1) is 18.0. The Morgan fingerprint density at radius 3 is 2.64 bits per heavy atom. The van der Waals surface area contributed by atoms with Crippen LogP contribution in [0.4, 0.5) is 0 Å². The lowest BCUT2D eigenvalue weighted by molar-refractivity contribution is -0.121. The molecule has 0 bridgehead atoms. The van der Waals surface area contributed by atoms with Gasteiger partial charge >= 0.3 is 0 Å². The van der Waals surface area contributed by atoms with Crippen LogP contribution in [0, 0.1) is 6.92 Å². The number of aryl methyl sites for hydroxylation is 2. The van der Waals surface area contributed by atoms with Crippen LogP contribution in [0.3, 0.4) is 0 Å². The van der Waals surface area contributed by atoms with E-state index in [1.807, 2.05) is 58.6 Å². The summed E-state index contributed by atoms with van der Waals surface area (Å²) in [7, 11) is 0. The van der Waals surface area contributed by atoms with Crippen LogP contribution in [-0.4, -0.2) is 26.6 Å². The monoisotopic (exact) mass is 374 g/mol. The summed E-state index contributed by atoms with van der Waals surface area (Å²) in [4.78, 5) is 28.6. The van der Waals surface area contributed by atoms with Crippen LogP contribution in [-0.2, 0) is 17.8 Å². The molecule has 0 atom stereocenters. The zero-order valence-electron chi connectivity index (χ0n) is 15.8. The molecule has 0 radical (unpaired) electrons. The molecule has 0 spiro atoms. The van der Waals surface area contributed by atoms with Crippen molar-refractivity contribution in [2.24, 2.45) is 0 Å². The molecule has 0 saturated carbocycles. The Kier molecular flexibility index (Phi) is 4.93. The van der Waals surface area contributed by atoms with E-state index in [0.29, 0.717) is 12.2 Å². The summed E-state index contributed by atoms with van der Waals surface area (Å²) in [6.07, 6.45) is 1.82. The molecule has 0 aliphatic carbocycles. The Bertz CT molecular complexity index is 1190. The van der Waals surface area contributed by atoms with E-state index < -0.39 is 0 Å². The Labute approximate surface area is 162 Å². The number of carbonyl (C=O) groups is 1. The third-order valence-electron chi connectivity index (χ3n) is 4.85. The number of rotatable bonds is 6. The van der Waals surface area contributed by atoms with Gasteiger partial charge in [-0.15, -0.1) is 0 Å². The number of hydrogen-bond donors (Lipinski definition) is 1. The van der Waals surface area contributed by atoms with Crippen LogP contribution in [0.1, 0.15) is 17.7 Å². The van der Waals surface area contributed by atoms with Crippen molar-refractivity contribution in [2.45, 2.75) is 26.3 Å². The smallest absolute Gasteiger partial charge is 0.273 e. The Morgan fingerprint density at radius 2 is 1.82 bits per heavy atom. The second kappa shape index (κ2) is 7.68. The summed E-state index contributed by atoms with van der Waals surface area (Å²) in [5.41, 5.74) is 3.21. The molecule has 2 aromatic carbocycles. The maximum Gasteiger partial charge on any atom is 0.273 e. The number of benzene rings is 2. The summed E-state index contributed by atoms with van der Waals surface area (Å²) < 4.78 is 3.72. The zero-order chi connectivity index (χ0) is 19.5. The van der Waals surface area contributed by atoms with E-state index in [1.165, 1.54) is 11.6 Å². The molecule has 6 nitrogen and oxygen atoms in total. The topological polar surface area (TPSA) is 68.4 Å². The van der Waals surface area contributed by atoms with Crippen molar-refractivity contribution in [3.05, 3.63) is 82.3 Å². The highest BCUT2D eigenvalue weighted by atomic mass is 16.2. The first-order valence-corrected chi connectivity index (χ1v) is 9.42. The second-order valence-electron chi connectivity index (χ2n) is 6.89. The Morgan fingerprint density at radius 1 is 1.07 bits per heavy atom. The van der Waals surface area contributed by atoms with Gasteiger partial charge in [0.2, 0.25) is 5.91 Å². The molecule has 0 fully saturated rings. The predicted molar refractivity (Wildman–Crippen MR) is 109 cm³/mol. The van der Waals surface area contributed by atoms with Gasteiger partial charge in [-0.2, -0.15) is 4.98 Å². The number of para-hydroxylation sites is 1. The number of nitrogens with one attached hydrogen (secondary N) is 1. The van der Waals surface area contributed by atoms with Gasteiger partial charge in [0.05, 0.1) is 5.52 Å². The standard InChI is InChI=1S/C22H22N4O2/c1-16-14-20(27)24-22-18-11-5-6-12-19(18)25(26(16)22)15-21(28)23-13-7-10-17-8-3-2-4-9-17/h2-6,8-9,11-12,14H,7,10,13,15H2,1H3,(H,23,28). The molecule has 0 aliphatic heterocycles. The highest BCUT2D eigenvalue weighted by Gasteiger charge is 2.15. The van der Waals surface area contributed by atoms with Gasteiger partial charge in [-0.05, 0) is 37.5 Å². The van der Waals surface area contributed by atoms with Crippen molar-refractivity contribution < 1.29 is 4.79 Å². The molecule has 2 heterocycles. The number of hydrogen-bond acceptors (Lipinski definition) is 3. The van der Waals surface area contributed by atoms with Crippen molar-refractivity contribution in [2.75, 3.05) is 6.54 Å². The van der Waals surface area contributed by atoms with E-state index in [4.69, 9.17) is 0 Å². The van der Waals surface area contributed by atoms with Crippen molar-refractivity contribution in [1.29, 1.82) is 0 Å². The van der Waals surface area contributed by atoms with E-state index in [2.05, 4.69) is 22.4 Å². The second-order valence-corrected chi connectivity index (χ2v) is 6.89. The summed E-state index contributed by atoms with van der Waals surface area (Å²) in [6.45, 7) is 2.64. The SMILES string of the molecule is Cc1cc(=O)nc2c3ccccc3n(CC(=O)NCCCc3ccccc3)n12. The average molecular weight is 374 g/mol. The normalized spacial score (nSPS) is 11.2. The molecular formula is C22H22N4O2. The third kappa shape index (κ3) is 3.53. The molecule has 4 rings (SSSR count). The first-order valence-electron chi connectivity index (χ1n) is 9.42. The maximum atomic E-state index is 12.6. The molecule has 1 amide bonds. The first-order chi connectivity index (χ1) is 13.6. The highest BCUT2D eigenvalue weighted by molar-refractivity contribution is 5.93. The van der Waals surface area contributed by atoms with Crippen molar-refractivity contribution in [3.8, 4) is 0 Å². The summed E-state index contributed by atoms with van der Waals surface area (Å²) >= 11 is 0. The molecule has 142 valence electrons. The fourth-order valence-electron chi connectivity index (χ4n) is 3.58. The van der Waals surface area contributed by atoms with E-state index >= 15 is 0 Å². The number of fused-ring (bicyclic) bond motifs is 3. The lowest BCUT2D eigenvalue weighted by Gasteiger charge is -2.11. The zero-order valence-corrected chi connectivity index (χ0v) is 15.8. The van der Waals surface area contributed by atoms with Gasteiger partial charge in [-0.3, -0.25) is 14.3 Å². The van der Waals surface area contributed by atoms with Crippen LogP contribution in [0.5, 0.6) is 0 Å². The van der Waals surface area contributed by atoms with Crippen molar-refractivity contribution in [3.63, 3.8) is 0 Å². The van der Waals surface area contributed by atoms with E-state index in [-0.39, 0.29) is 18.0 Å². The van der Waals surface area contributed by atoms with Gasteiger partial charge in [-0.1, -0.05) is 42.5 Å². The van der Waals surface area contributed by atoms with E-state index in [9.17, 15) is 9.59 Å². The maximum absolute atomic E-state index is 12.6. The minimum absolute atomic E-state index is 0.0613. The molecule has 0 aliphatic rings. The summed E-state index contributed by atoms with van der Waals surface area (Å²) in [5, 5.41) is 3.86. The van der Waals surface area contributed by atoms with Crippen molar-refractivity contribution >= 4 is 22.5 Å². The van der Waals surface area contributed by atoms with Gasteiger partial charge in [0.1, 0.15) is 6.54 Å². The summed E-state index contributed by atoms with van der Waals surface area (Å²) in [6, 6.07) is 19.4. The lowest BCUT2D eigenvalue weighted by atomic mass is 10.1. The van der Waals surface area contributed by atoms with Crippen LogP contribution in [0.15, 0.2) is 65.5 Å². The minimum Gasteiger partial charge on any atom is -0.354 e. The highest BCUT2D eigenvalue weighted by Crippen LogP contribution is 2.21. The molecule has 0 saturated heterocycles. The predicted octanol–water partition coefficient (Wildman–Crippen LogP) is 2.71. The Hall–Kier alpha value is -3.41. The largest absolute Gasteiger partial charge is 0.354 e. The fraction of sp³-hybridized carbons (Fsp3) is 0.227. The third-order valence-corrected chi connectivity index (χ3v) is 4.85. The number of carbonyl (C=O) groups excluding carboxylic acids is 1. The van der Waals surface area contributed by atoms with Gasteiger partial charge in [0.25, 0.3) is 5.56 Å². The van der Waals surface area contributed by atoms with Gasteiger partial charge in [-0.25, -0.2) is 4.52 Å². The van der Waals surface area contributed by atoms with Crippen LogP contribution in [0.2, 0.25) is 0 Å². The lowest BCUT2D eigenvalue weighted by Crippen LogP contribution is -2.30. The molecule has 28 heavy (non-hydrogen) atoms. The van der Waals surface area contributed by atoms with Gasteiger partial charge < -0.3 is 5.32 Å². The summed E-state index contributed by atoms with van der Waals surface area (Å²) in [5.74, 6) is -0.0613. The van der Waals surface area contributed by atoms with E-state index in [0.717, 1.165) is 29.4 Å². The molecule has 4 aromatic rings. The van der Waals surface area contributed by atoms with Crippen molar-refractivity contribution in [1.82, 2.24) is 19.5 Å². The molecule has 2 aromatic heterocycles. The molecule has 6 heteroatoms. The average Bonchev–Trinajstić information content (AvgIpc) is 3.00. The van der Waals surface area contributed by atoms with Gasteiger partial charge in [0.15, 0.2) is 5.65 Å². The quantitative estimate of drug-likeness (QED) is 0.528. The fourth-order valence-corrected chi connectivity index (χ4v) is 3.58. The molecule has 1 N–H and O–H groups in total. The minimum atomic E-state index is -0.272. The molecular weight excluding hydrogens is 352 g/mol. The van der Waals surface area contributed by atoms with Crippen LogP contribution >= 0.6 is 0 Å². The van der Waals surface area contributed by atoms with Gasteiger partial charge in [0, 0.05) is 23.7 Å². The van der Waals surface area contributed by atoms with Crippen LogP contribution in [0.25, 0.3) is 16.6 Å². The van der Waals surface area contributed by atoms with E-state index in [1.54, 1.807) is 0 Å². The number of nitrogens with zero attached hydrogens (tertiary/aromatic N) is 3. The number of aromatic nitrogens is 3. The Balaban J connectivity index is 1.52. The number of amides is 1. The molecule has 0 unspecified atom stereocenters.